The van der Waals surface area contributed by atoms with Gasteiger partial charge >= 0.3 is 0 Å². The van der Waals surface area contributed by atoms with Crippen molar-refractivity contribution < 1.29 is 14.4 Å². The van der Waals surface area contributed by atoms with E-state index in [-0.39, 0.29) is 30.2 Å². The SMILES string of the molecule is CNC(=O)c1cccc(NCC(=O)Nc2cccc(NC(=O)C3CC3)c2C)c1. The van der Waals surface area contributed by atoms with Crippen molar-refractivity contribution >= 4 is 34.8 Å². The molecule has 0 bridgehead atoms. The number of rotatable bonds is 7. The summed E-state index contributed by atoms with van der Waals surface area (Å²) in [5.41, 5.74) is 3.37. The van der Waals surface area contributed by atoms with Crippen LogP contribution in [0.25, 0.3) is 0 Å². The molecule has 146 valence electrons. The summed E-state index contributed by atoms with van der Waals surface area (Å²) in [5.74, 6) is -0.260. The number of nitrogens with one attached hydrogen (secondary N) is 4. The summed E-state index contributed by atoms with van der Waals surface area (Å²) in [4.78, 5) is 36.0. The van der Waals surface area contributed by atoms with Crippen molar-refractivity contribution in [1.82, 2.24) is 5.32 Å². The molecule has 0 heterocycles. The topological polar surface area (TPSA) is 99.3 Å². The monoisotopic (exact) mass is 380 g/mol. The van der Waals surface area contributed by atoms with Gasteiger partial charge in [-0.3, -0.25) is 14.4 Å². The first kappa shape index (κ1) is 19.4. The quantitative estimate of drug-likeness (QED) is 0.593. The lowest BCUT2D eigenvalue weighted by Crippen LogP contribution is -2.23. The summed E-state index contributed by atoms with van der Waals surface area (Å²) in [5, 5.41) is 11.4. The lowest BCUT2D eigenvalue weighted by molar-refractivity contribution is -0.117. The Morgan fingerprint density at radius 1 is 1.00 bits per heavy atom. The molecular formula is C21H24N4O3. The van der Waals surface area contributed by atoms with Gasteiger partial charge in [-0.15, -0.1) is 0 Å². The molecule has 0 atom stereocenters. The van der Waals surface area contributed by atoms with E-state index in [0.717, 1.165) is 18.4 Å². The molecule has 1 aliphatic rings. The van der Waals surface area contributed by atoms with Crippen LogP contribution in [0.1, 0.15) is 28.8 Å². The van der Waals surface area contributed by atoms with E-state index in [0.29, 0.717) is 22.6 Å². The van der Waals surface area contributed by atoms with Gasteiger partial charge in [0.25, 0.3) is 5.91 Å². The van der Waals surface area contributed by atoms with E-state index in [1.54, 1.807) is 43.4 Å². The molecule has 0 spiro atoms. The summed E-state index contributed by atoms with van der Waals surface area (Å²) in [6.45, 7) is 1.91. The van der Waals surface area contributed by atoms with Crippen molar-refractivity contribution in [3.63, 3.8) is 0 Å². The molecule has 2 aromatic rings. The zero-order valence-electron chi connectivity index (χ0n) is 16.0. The van der Waals surface area contributed by atoms with Crippen LogP contribution in [0.4, 0.5) is 17.1 Å². The Hall–Kier alpha value is -3.35. The minimum absolute atomic E-state index is 0.0317. The Morgan fingerprint density at radius 3 is 2.36 bits per heavy atom. The first-order valence-corrected chi connectivity index (χ1v) is 9.24. The second-order valence-corrected chi connectivity index (χ2v) is 6.80. The van der Waals surface area contributed by atoms with Gasteiger partial charge in [0.2, 0.25) is 11.8 Å². The standard InChI is InChI=1S/C21H24N4O3/c1-13-17(7-4-8-18(13)25-21(28)14-9-10-14)24-19(26)12-23-16-6-3-5-15(11-16)20(27)22-2/h3-8,11,14,23H,9-10,12H2,1-2H3,(H,22,27)(H,24,26)(H,25,28). The Morgan fingerprint density at radius 2 is 1.68 bits per heavy atom. The number of carbonyl (C=O) groups is 3. The van der Waals surface area contributed by atoms with Gasteiger partial charge in [0, 0.05) is 35.6 Å². The highest BCUT2D eigenvalue weighted by Gasteiger charge is 2.29. The van der Waals surface area contributed by atoms with E-state index in [4.69, 9.17) is 0 Å². The van der Waals surface area contributed by atoms with Crippen LogP contribution in [-0.4, -0.2) is 31.3 Å². The first-order chi connectivity index (χ1) is 13.5. The molecule has 4 N–H and O–H groups in total. The molecule has 0 unspecified atom stereocenters. The summed E-state index contributed by atoms with van der Waals surface area (Å²) in [6.07, 6.45) is 1.88. The molecule has 0 saturated heterocycles. The van der Waals surface area contributed by atoms with Gasteiger partial charge in [-0.1, -0.05) is 12.1 Å². The highest BCUT2D eigenvalue weighted by atomic mass is 16.2. The average molecular weight is 380 g/mol. The maximum absolute atomic E-state index is 12.3. The fourth-order valence-corrected chi connectivity index (χ4v) is 2.78. The van der Waals surface area contributed by atoms with E-state index < -0.39 is 0 Å². The maximum atomic E-state index is 12.3. The highest BCUT2D eigenvalue weighted by Crippen LogP contribution is 2.31. The molecule has 1 aliphatic carbocycles. The lowest BCUT2D eigenvalue weighted by Gasteiger charge is -2.14. The van der Waals surface area contributed by atoms with Crippen molar-refractivity contribution in [1.29, 1.82) is 0 Å². The third-order valence-electron chi connectivity index (χ3n) is 4.62. The van der Waals surface area contributed by atoms with Crippen molar-refractivity contribution in [2.45, 2.75) is 19.8 Å². The maximum Gasteiger partial charge on any atom is 0.251 e. The third-order valence-corrected chi connectivity index (χ3v) is 4.62. The van der Waals surface area contributed by atoms with Crippen LogP contribution >= 0.6 is 0 Å². The predicted octanol–water partition coefficient (Wildman–Crippen LogP) is 2.75. The van der Waals surface area contributed by atoms with Crippen LogP contribution in [0.3, 0.4) is 0 Å². The molecule has 0 aromatic heterocycles. The molecule has 3 rings (SSSR count). The molecule has 2 aromatic carbocycles. The largest absolute Gasteiger partial charge is 0.376 e. The number of hydrogen-bond donors (Lipinski definition) is 4. The molecule has 0 aliphatic heterocycles. The molecule has 7 nitrogen and oxygen atoms in total. The summed E-state index contributed by atoms with van der Waals surface area (Å²) in [7, 11) is 1.57. The molecule has 1 saturated carbocycles. The van der Waals surface area contributed by atoms with Crippen LogP contribution in [0, 0.1) is 12.8 Å². The molecule has 1 fully saturated rings. The zero-order valence-corrected chi connectivity index (χ0v) is 16.0. The van der Waals surface area contributed by atoms with Gasteiger partial charge in [-0.2, -0.15) is 0 Å². The van der Waals surface area contributed by atoms with Gasteiger partial charge < -0.3 is 21.3 Å². The van der Waals surface area contributed by atoms with Crippen LogP contribution in [-0.2, 0) is 9.59 Å². The van der Waals surface area contributed by atoms with E-state index in [9.17, 15) is 14.4 Å². The van der Waals surface area contributed by atoms with E-state index >= 15 is 0 Å². The first-order valence-electron chi connectivity index (χ1n) is 9.24. The van der Waals surface area contributed by atoms with Gasteiger partial charge in [0.05, 0.1) is 6.54 Å². The Bertz CT molecular complexity index is 906. The molecule has 3 amide bonds. The Labute approximate surface area is 163 Å². The van der Waals surface area contributed by atoms with E-state index in [1.807, 2.05) is 13.0 Å². The predicted molar refractivity (Wildman–Crippen MR) is 109 cm³/mol. The summed E-state index contributed by atoms with van der Waals surface area (Å²) >= 11 is 0. The second-order valence-electron chi connectivity index (χ2n) is 6.80. The van der Waals surface area contributed by atoms with Crippen molar-refractivity contribution in [2.75, 3.05) is 29.5 Å². The van der Waals surface area contributed by atoms with Gasteiger partial charge in [-0.25, -0.2) is 0 Å². The van der Waals surface area contributed by atoms with Crippen molar-refractivity contribution in [3.05, 3.63) is 53.6 Å². The van der Waals surface area contributed by atoms with E-state index in [1.165, 1.54) is 0 Å². The zero-order chi connectivity index (χ0) is 20.1. The Kier molecular flexibility index (Phi) is 5.93. The normalized spacial score (nSPS) is 12.8. The Balaban J connectivity index is 1.59. The minimum Gasteiger partial charge on any atom is -0.376 e. The molecule has 0 radical (unpaired) electrons. The third kappa shape index (κ3) is 4.88. The van der Waals surface area contributed by atoms with Crippen LogP contribution < -0.4 is 21.3 Å². The lowest BCUT2D eigenvalue weighted by atomic mass is 10.1. The van der Waals surface area contributed by atoms with Crippen molar-refractivity contribution in [2.24, 2.45) is 5.92 Å². The molecular weight excluding hydrogens is 356 g/mol. The highest BCUT2D eigenvalue weighted by molar-refractivity contribution is 5.98. The number of benzene rings is 2. The van der Waals surface area contributed by atoms with Crippen molar-refractivity contribution in [3.8, 4) is 0 Å². The fraction of sp³-hybridized carbons (Fsp3) is 0.286. The van der Waals surface area contributed by atoms with Gasteiger partial charge in [0.1, 0.15) is 0 Å². The van der Waals surface area contributed by atoms with Gasteiger partial charge in [-0.05, 0) is 55.7 Å². The second kappa shape index (κ2) is 8.56. The number of carbonyl (C=O) groups excluding carboxylic acids is 3. The summed E-state index contributed by atoms with van der Waals surface area (Å²) in [6, 6.07) is 12.4. The van der Waals surface area contributed by atoms with Crippen LogP contribution in [0.15, 0.2) is 42.5 Å². The van der Waals surface area contributed by atoms with Crippen LogP contribution in [0.2, 0.25) is 0 Å². The molecule has 28 heavy (non-hydrogen) atoms. The van der Waals surface area contributed by atoms with Crippen LogP contribution in [0.5, 0.6) is 0 Å². The van der Waals surface area contributed by atoms with E-state index in [2.05, 4.69) is 21.3 Å². The summed E-state index contributed by atoms with van der Waals surface area (Å²) < 4.78 is 0. The fourth-order valence-electron chi connectivity index (χ4n) is 2.78. The average Bonchev–Trinajstić information content (AvgIpc) is 3.54. The number of hydrogen-bond acceptors (Lipinski definition) is 4. The number of amides is 3. The molecule has 7 heteroatoms. The smallest absolute Gasteiger partial charge is 0.251 e. The minimum atomic E-state index is -0.223. The van der Waals surface area contributed by atoms with Gasteiger partial charge in [0.15, 0.2) is 0 Å². The number of anilines is 3.